The normalized spacial score (nSPS) is 11.3. The SMILES string of the molecule is Cc1ncc(S(=O)(=O)Nc2ccc(C(=O)O)cc2Br)[nH]1. The van der Waals surface area contributed by atoms with Gasteiger partial charge in [0, 0.05) is 4.47 Å². The van der Waals surface area contributed by atoms with Gasteiger partial charge < -0.3 is 10.1 Å². The van der Waals surface area contributed by atoms with Crippen molar-refractivity contribution in [1.29, 1.82) is 0 Å². The average Bonchev–Trinajstić information content (AvgIpc) is 2.79. The zero-order chi connectivity index (χ0) is 14.9. The number of hydrogen-bond acceptors (Lipinski definition) is 4. The molecule has 0 bridgehead atoms. The number of aromatic nitrogens is 2. The van der Waals surface area contributed by atoms with Gasteiger partial charge in [-0.15, -0.1) is 0 Å². The third-order valence-corrected chi connectivity index (χ3v) is 4.36. The molecule has 0 atom stereocenters. The number of aromatic amines is 1. The van der Waals surface area contributed by atoms with Crippen molar-refractivity contribution in [2.75, 3.05) is 4.72 Å². The minimum atomic E-state index is -3.79. The maximum Gasteiger partial charge on any atom is 0.335 e. The Kier molecular flexibility index (Phi) is 3.82. The maximum atomic E-state index is 12.1. The minimum Gasteiger partial charge on any atom is -0.478 e. The summed E-state index contributed by atoms with van der Waals surface area (Å²) in [5, 5.41) is 8.78. The van der Waals surface area contributed by atoms with Gasteiger partial charge in [0.2, 0.25) is 0 Å². The number of aromatic carboxylic acids is 1. The van der Waals surface area contributed by atoms with E-state index in [1.165, 1.54) is 24.4 Å². The number of nitrogens with zero attached hydrogens (tertiary/aromatic N) is 1. The molecule has 1 heterocycles. The number of carbonyl (C=O) groups is 1. The molecular formula is C11H10BrN3O4S. The van der Waals surface area contributed by atoms with Gasteiger partial charge in [-0.05, 0) is 41.1 Å². The van der Waals surface area contributed by atoms with Crippen LogP contribution in [-0.2, 0) is 10.0 Å². The van der Waals surface area contributed by atoms with Crippen molar-refractivity contribution in [3.8, 4) is 0 Å². The fourth-order valence-electron chi connectivity index (χ4n) is 1.47. The highest BCUT2D eigenvalue weighted by molar-refractivity contribution is 9.10. The Labute approximate surface area is 123 Å². The van der Waals surface area contributed by atoms with E-state index >= 15 is 0 Å². The summed E-state index contributed by atoms with van der Waals surface area (Å²) in [5.41, 5.74) is 0.291. The van der Waals surface area contributed by atoms with E-state index in [0.29, 0.717) is 10.3 Å². The Balaban J connectivity index is 2.32. The predicted molar refractivity (Wildman–Crippen MR) is 75.2 cm³/mol. The van der Waals surface area contributed by atoms with Crippen LogP contribution in [0.5, 0.6) is 0 Å². The minimum absolute atomic E-state index is 0.0530. The third kappa shape index (κ3) is 2.99. The monoisotopic (exact) mass is 359 g/mol. The molecule has 0 fully saturated rings. The fourth-order valence-corrected chi connectivity index (χ4v) is 3.13. The Morgan fingerprint density at radius 2 is 2.15 bits per heavy atom. The smallest absolute Gasteiger partial charge is 0.335 e. The van der Waals surface area contributed by atoms with Crippen LogP contribution in [0.25, 0.3) is 0 Å². The van der Waals surface area contributed by atoms with Gasteiger partial charge in [-0.3, -0.25) is 4.72 Å². The number of halogens is 1. The van der Waals surface area contributed by atoms with Crippen LogP contribution in [0.4, 0.5) is 5.69 Å². The molecule has 0 unspecified atom stereocenters. The third-order valence-electron chi connectivity index (χ3n) is 2.43. The van der Waals surface area contributed by atoms with Crippen LogP contribution in [0.15, 0.2) is 33.9 Å². The van der Waals surface area contributed by atoms with Gasteiger partial charge in [0.1, 0.15) is 5.82 Å². The van der Waals surface area contributed by atoms with Crippen molar-refractivity contribution in [2.24, 2.45) is 0 Å². The molecule has 1 aromatic heterocycles. The summed E-state index contributed by atoms with van der Waals surface area (Å²) in [6.45, 7) is 1.64. The summed E-state index contributed by atoms with van der Waals surface area (Å²) in [6.07, 6.45) is 1.21. The van der Waals surface area contributed by atoms with E-state index in [-0.39, 0.29) is 16.3 Å². The summed E-state index contributed by atoms with van der Waals surface area (Å²) in [7, 11) is -3.79. The van der Waals surface area contributed by atoms with E-state index < -0.39 is 16.0 Å². The van der Waals surface area contributed by atoms with Gasteiger partial charge >= 0.3 is 5.97 Å². The molecule has 0 aliphatic rings. The van der Waals surface area contributed by atoms with Crippen LogP contribution in [0.2, 0.25) is 0 Å². The summed E-state index contributed by atoms with van der Waals surface area (Å²) in [5.74, 6) is -0.616. The molecule has 20 heavy (non-hydrogen) atoms. The molecule has 7 nitrogen and oxygen atoms in total. The number of benzene rings is 1. The Morgan fingerprint density at radius 3 is 2.65 bits per heavy atom. The van der Waals surface area contributed by atoms with Gasteiger partial charge in [-0.25, -0.2) is 9.78 Å². The van der Waals surface area contributed by atoms with Crippen LogP contribution >= 0.6 is 15.9 Å². The van der Waals surface area contributed by atoms with Crippen molar-refractivity contribution >= 4 is 37.6 Å². The van der Waals surface area contributed by atoms with E-state index in [4.69, 9.17) is 5.11 Å². The molecule has 9 heteroatoms. The van der Waals surface area contributed by atoms with E-state index in [1.807, 2.05) is 0 Å². The molecule has 1 aromatic carbocycles. The van der Waals surface area contributed by atoms with Gasteiger partial charge in [0.15, 0.2) is 5.03 Å². The number of hydrogen-bond donors (Lipinski definition) is 3. The molecule has 0 radical (unpaired) electrons. The fraction of sp³-hybridized carbons (Fsp3) is 0.0909. The summed E-state index contributed by atoms with van der Waals surface area (Å²) >= 11 is 3.13. The molecule has 0 aliphatic heterocycles. The number of aryl methyl sites for hydroxylation is 1. The predicted octanol–water partition coefficient (Wildman–Crippen LogP) is 1.98. The average molecular weight is 360 g/mol. The van der Waals surface area contributed by atoms with Gasteiger partial charge in [0.25, 0.3) is 10.0 Å². The number of nitrogens with one attached hydrogen (secondary N) is 2. The van der Waals surface area contributed by atoms with Crippen molar-refractivity contribution in [1.82, 2.24) is 9.97 Å². The molecule has 2 aromatic rings. The summed E-state index contributed by atoms with van der Waals surface area (Å²) in [4.78, 5) is 17.2. The molecule has 0 amide bonds. The highest BCUT2D eigenvalue weighted by Crippen LogP contribution is 2.26. The highest BCUT2D eigenvalue weighted by atomic mass is 79.9. The van der Waals surface area contributed by atoms with Crippen LogP contribution in [0.3, 0.4) is 0 Å². The zero-order valence-corrected chi connectivity index (χ0v) is 12.6. The van der Waals surface area contributed by atoms with Gasteiger partial charge in [-0.2, -0.15) is 8.42 Å². The Bertz CT molecular complexity index is 770. The van der Waals surface area contributed by atoms with Crippen molar-refractivity contribution in [3.63, 3.8) is 0 Å². The van der Waals surface area contributed by atoms with Crippen molar-refractivity contribution < 1.29 is 18.3 Å². The Morgan fingerprint density at radius 1 is 1.45 bits per heavy atom. The molecular weight excluding hydrogens is 350 g/mol. The second kappa shape index (κ2) is 5.25. The lowest BCUT2D eigenvalue weighted by Crippen LogP contribution is -2.14. The number of carboxylic acids is 1. The first kappa shape index (κ1) is 14.5. The molecule has 0 saturated heterocycles. The molecule has 2 rings (SSSR count). The van der Waals surface area contributed by atoms with Crippen LogP contribution in [0.1, 0.15) is 16.2 Å². The second-order valence-corrected chi connectivity index (χ2v) is 6.44. The lowest BCUT2D eigenvalue weighted by atomic mass is 10.2. The molecule has 0 saturated carbocycles. The topological polar surface area (TPSA) is 112 Å². The zero-order valence-electron chi connectivity index (χ0n) is 10.2. The van der Waals surface area contributed by atoms with E-state index in [1.54, 1.807) is 6.92 Å². The lowest BCUT2D eigenvalue weighted by Gasteiger charge is -2.08. The highest BCUT2D eigenvalue weighted by Gasteiger charge is 2.18. The number of rotatable bonds is 4. The molecule has 3 N–H and O–H groups in total. The maximum absolute atomic E-state index is 12.1. The first-order valence-electron chi connectivity index (χ1n) is 5.37. The van der Waals surface area contributed by atoms with Crippen LogP contribution < -0.4 is 4.72 Å². The van der Waals surface area contributed by atoms with E-state index in [9.17, 15) is 13.2 Å². The molecule has 0 aliphatic carbocycles. The number of sulfonamides is 1. The van der Waals surface area contributed by atoms with Crippen LogP contribution in [-0.4, -0.2) is 29.5 Å². The summed E-state index contributed by atoms with van der Waals surface area (Å²) < 4.78 is 26.8. The van der Waals surface area contributed by atoms with Crippen molar-refractivity contribution in [2.45, 2.75) is 11.9 Å². The Hall–Kier alpha value is -1.87. The number of anilines is 1. The largest absolute Gasteiger partial charge is 0.478 e. The van der Waals surface area contributed by atoms with E-state index in [2.05, 4.69) is 30.6 Å². The number of imidazole rings is 1. The number of H-pyrrole nitrogens is 1. The number of carboxylic acid groups (broad SMARTS) is 1. The molecule has 0 spiro atoms. The molecule has 106 valence electrons. The first-order valence-corrected chi connectivity index (χ1v) is 7.64. The van der Waals surface area contributed by atoms with Crippen LogP contribution in [0, 0.1) is 6.92 Å². The standard InChI is InChI=1S/C11H10BrN3O4S/c1-6-13-5-10(14-6)20(18,19)15-9-3-2-7(11(16)17)4-8(9)12/h2-5,15H,1H3,(H,13,14)(H,16,17). The lowest BCUT2D eigenvalue weighted by molar-refractivity contribution is 0.0697. The quantitative estimate of drug-likeness (QED) is 0.772. The van der Waals surface area contributed by atoms with E-state index in [0.717, 1.165) is 0 Å². The second-order valence-electron chi connectivity index (χ2n) is 3.94. The van der Waals surface area contributed by atoms with Gasteiger partial charge in [-0.1, -0.05) is 0 Å². The van der Waals surface area contributed by atoms with Crippen molar-refractivity contribution in [3.05, 3.63) is 40.3 Å². The van der Waals surface area contributed by atoms with Gasteiger partial charge in [0.05, 0.1) is 17.4 Å². The summed E-state index contributed by atoms with van der Waals surface area (Å²) in [6, 6.07) is 4.00. The first-order chi connectivity index (χ1) is 9.29.